The summed E-state index contributed by atoms with van der Waals surface area (Å²) in [6, 6.07) is 6.49. The maximum absolute atomic E-state index is 13.7. The van der Waals surface area contributed by atoms with Crippen molar-refractivity contribution in [3.63, 3.8) is 0 Å². The Hall–Kier alpha value is -2.28. The van der Waals surface area contributed by atoms with Crippen molar-refractivity contribution >= 4 is 23.2 Å². The molecular formula is C16H14F2N2O2S. The largest absolute Gasteiger partial charge is 0.335 e. The van der Waals surface area contributed by atoms with Gasteiger partial charge in [-0.15, -0.1) is 11.3 Å². The van der Waals surface area contributed by atoms with Gasteiger partial charge in [0.1, 0.15) is 11.6 Å². The molecule has 3 rings (SSSR count). The summed E-state index contributed by atoms with van der Waals surface area (Å²) in [4.78, 5) is 28.3. The molecule has 0 radical (unpaired) electrons. The van der Waals surface area contributed by atoms with E-state index in [1.165, 1.54) is 16.2 Å². The van der Waals surface area contributed by atoms with E-state index >= 15 is 0 Å². The average Bonchev–Trinajstić information content (AvgIpc) is 3.08. The van der Waals surface area contributed by atoms with Crippen LogP contribution in [0.2, 0.25) is 0 Å². The summed E-state index contributed by atoms with van der Waals surface area (Å²) in [5.41, 5.74) is -0.149. The van der Waals surface area contributed by atoms with Crippen LogP contribution in [0, 0.1) is 11.6 Å². The Labute approximate surface area is 135 Å². The number of benzene rings is 1. The molecule has 0 N–H and O–H groups in total. The molecule has 0 spiro atoms. The van der Waals surface area contributed by atoms with Gasteiger partial charge in [-0.3, -0.25) is 9.59 Å². The highest BCUT2D eigenvalue weighted by Gasteiger charge is 2.27. The van der Waals surface area contributed by atoms with Crippen LogP contribution in [0.3, 0.4) is 0 Å². The summed E-state index contributed by atoms with van der Waals surface area (Å²) in [5.74, 6) is -2.12. The lowest BCUT2D eigenvalue weighted by Gasteiger charge is -2.34. The molecule has 2 amide bonds. The van der Waals surface area contributed by atoms with Crippen molar-refractivity contribution in [3.8, 4) is 0 Å². The minimum atomic E-state index is -0.868. The van der Waals surface area contributed by atoms with E-state index < -0.39 is 17.5 Å². The number of piperazine rings is 1. The monoisotopic (exact) mass is 336 g/mol. The first-order chi connectivity index (χ1) is 11.1. The molecule has 0 aliphatic carbocycles. The number of carbonyl (C=O) groups is 2. The van der Waals surface area contributed by atoms with E-state index in [1.807, 2.05) is 11.4 Å². The molecule has 2 heterocycles. The highest BCUT2D eigenvalue weighted by molar-refractivity contribution is 7.12. The van der Waals surface area contributed by atoms with Crippen LogP contribution >= 0.6 is 11.3 Å². The van der Waals surface area contributed by atoms with E-state index in [4.69, 9.17) is 0 Å². The zero-order valence-corrected chi connectivity index (χ0v) is 13.0. The van der Waals surface area contributed by atoms with Crippen LogP contribution in [-0.4, -0.2) is 47.8 Å². The third-order valence-corrected chi connectivity index (χ3v) is 4.61. The van der Waals surface area contributed by atoms with Crippen molar-refractivity contribution in [1.82, 2.24) is 9.80 Å². The summed E-state index contributed by atoms with van der Waals surface area (Å²) >= 11 is 1.38. The van der Waals surface area contributed by atoms with Crippen molar-refractivity contribution in [2.75, 3.05) is 26.2 Å². The maximum atomic E-state index is 13.7. The first-order valence-electron chi connectivity index (χ1n) is 7.13. The van der Waals surface area contributed by atoms with Crippen molar-refractivity contribution in [2.24, 2.45) is 0 Å². The molecule has 2 aromatic rings. The molecule has 1 aromatic carbocycles. The second-order valence-corrected chi connectivity index (χ2v) is 6.13. The van der Waals surface area contributed by atoms with Crippen molar-refractivity contribution < 1.29 is 18.4 Å². The molecule has 1 aliphatic heterocycles. The van der Waals surface area contributed by atoms with E-state index in [-0.39, 0.29) is 11.5 Å². The number of hydrogen-bond donors (Lipinski definition) is 0. The Morgan fingerprint density at radius 2 is 1.61 bits per heavy atom. The van der Waals surface area contributed by atoms with Crippen LogP contribution in [0.25, 0.3) is 0 Å². The van der Waals surface area contributed by atoms with Crippen molar-refractivity contribution in [1.29, 1.82) is 0 Å². The number of amides is 2. The normalized spacial score (nSPS) is 14.9. The fourth-order valence-electron chi connectivity index (χ4n) is 2.50. The lowest BCUT2D eigenvalue weighted by Crippen LogP contribution is -2.50. The van der Waals surface area contributed by atoms with Crippen LogP contribution in [0.1, 0.15) is 20.0 Å². The fourth-order valence-corrected chi connectivity index (χ4v) is 3.19. The first-order valence-corrected chi connectivity index (χ1v) is 8.01. The van der Waals surface area contributed by atoms with Crippen molar-refractivity contribution in [2.45, 2.75) is 0 Å². The topological polar surface area (TPSA) is 40.6 Å². The second kappa shape index (κ2) is 6.45. The lowest BCUT2D eigenvalue weighted by atomic mass is 10.1. The molecule has 1 aromatic heterocycles. The van der Waals surface area contributed by atoms with Gasteiger partial charge in [-0.05, 0) is 23.6 Å². The lowest BCUT2D eigenvalue weighted by molar-refractivity contribution is 0.0535. The average molecular weight is 336 g/mol. The molecule has 23 heavy (non-hydrogen) atoms. The van der Waals surface area contributed by atoms with Crippen LogP contribution in [-0.2, 0) is 0 Å². The Morgan fingerprint density at radius 3 is 2.17 bits per heavy atom. The summed E-state index contributed by atoms with van der Waals surface area (Å²) < 4.78 is 26.6. The number of hydrogen-bond acceptors (Lipinski definition) is 3. The summed E-state index contributed by atoms with van der Waals surface area (Å²) in [6.45, 7) is 1.44. The molecule has 1 fully saturated rings. The quantitative estimate of drug-likeness (QED) is 0.846. The van der Waals surface area contributed by atoms with E-state index in [1.54, 1.807) is 11.0 Å². The Kier molecular flexibility index (Phi) is 4.38. The van der Waals surface area contributed by atoms with Gasteiger partial charge < -0.3 is 9.80 Å². The molecule has 0 atom stereocenters. The third-order valence-electron chi connectivity index (χ3n) is 3.75. The summed E-state index contributed by atoms with van der Waals surface area (Å²) in [7, 11) is 0. The number of halogens is 2. The predicted molar refractivity (Wildman–Crippen MR) is 82.5 cm³/mol. The molecule has 0 unspecified atom stereocenters. The minimum Gasteiger partial charge on any atom is -0.335 e. The zero-order chi connectivity index (χ0) is 16.4. The number of thiophene rings is 1. The smallest absolute Gasteiger partial charge is 0.264 e. The van der Waals surface area contributed by atoms with Gasteiger partial charge in [0.05, 0.1) is 10.4 Å². The standard InChI is InChI=1S/C16H14F2N2O2S/c17-11-3-4-12(13(18)10-11)15(21)19-5-7-20(8-6-19)16(22)14-2-1-9-23-14/h1-4,9-10H,5-8H2. The predicted octanol–water partition coefficient (Wildman–Crippen LogP) is 2.62. The fraction of sp³-hybridized carbons (Fsp3) is 0.250. The molecule has 1 saturated heterocycles. The van der Waals surface area contributed by atoms with Crippen LogP contribution < -0.4 is 0 Å². The van der Waals surface area contributed by atoms with E-state index in [0.29, 0.717) is 37.1 Å². The number of nitrogens with zero attached hydrogens (tertiary/aromatic N) is 2. The molecule has 0 bridgehead atoms. The Balaban J connectivity index is 1.64. The highest BCUT2D eigenvalue weighted by atomic mass is 32.1. The SMILES string of the molecule is O=C(c1cccs1)N1CCN(C(=O)c2ccc(F)cc2F)CC1. The van der Waals surface area contributed by atoms with Crippen LogP contribution in [0.15, 0.2) is 35.7 Å². The second-order valence-electron chi connectivity index (χ2n) is 5.19. The van der Waals surface area contributed by atoms with Gasteiger partial charge in [-0.2, -0.15) is 0 Å². The minimum absolute atomic E-state index is 0.0555. The summed E-state index contributed by atoms with van der Waals surface area (Å²) in [6.07, 6.45) is 0. The number of carbonyl (C=O) groups excluding carboxylic acids is 2. The zero-order valence-electron chi connectivity index (χ0n) is 12.2. The Morgan fingerprint density at radius 1 is 0.957 bits per heavy atom. The molecule has 4 nitrogen and oxygen atoms in total. The first kappa shape index (κ1) is 15.6. The van der Waals surface area contributed by atoms with Gasteiger partial charge in [0.15, 0.2) is 0 Å². The van der Waals surface area contributed by atoms with Gasteiger partial charge in [-0.25, -0.2) is 8.78 Å². The van der Waals surface area contributed by atoms with Crippen LogP contribution in [0.5, 0.6) is 0 Å². The third kappa shape index (κ3) is 3.24. The molecular weight excluding hydrogens is 322 g/mol. The van der Waals surface area contributed by atoms with Crippen molar-refractivity contribution in [3.05, 3.63) is 57.8 Å². The van der Waals surface area contributed by atoms with Gasteiger partial charge >= 0.3 is 0 Å². The molecule has 120 valence electrons. The summed E-state index contributed by atoms with van der Waals surface area (Å²) in [5, 5.41) is 1.84. The number of rotatable bonds is 2. The van der Waals surface area contributed by atoms with Gasteiger partial charge in [-0.1, -0.05) is 6.07 Å². The van der Waals surface area contributed by atoms with E-state index in [2.05, 4.69) is 0 Å². The molecule has 0 saturated carbocycles. The van der Waals surface area contributed by atoms with Gasteiger partial charge in [0, 0.05) is 32.2 Å². The highest BCUT2D eigenvalue weighted by Crippen LogP contribution is 2.16. The molecule has 1 aliphatic rings. The van der Waals surface area contributed by atoms with Gasteiger partial charge in [0.2, 0.25) is 0 Å². The maximum Gasteiger partial charge on any atom is 0.264 e. The molecule has 7 heteroatoms. The van der Waals surface area contributed by atoms with E-state index in [9.17, 15) is 18.4 Å². The van der Waals surface area contributed by atoms with E-state index in [0.717, 1.165) is 12.1 Å². The van der Waals surface area contributed by atoms with Crippen LogP contribution in [0.4, 0.5) is 8.78 Å². The van der Waals surface area contributed by atoms with Gasteiger partial charge in [0.25, 0.3) is 11.8 Å². The Bertz CT molecular complexity index is 726.